The highest BCUT2D eigenvalue weighted by Crippen LogP contribution is 2.11. The highest BCUT2D eigenvalue weighted by atomic mass is 16.2. The fourth-order valence-corrected chi connectivity index (χ4v) is 0.971. The minimum absolute atomic E-state index is 0.187. The molecule has 0 unspecified atom stereocenters. The van der Waals surface area contributed by atoms with E-state index in [2.05, 4.69) is 31.4 Å². The molecular formula is C9H18N2O. The molecule has 1 aliphatic heterocycles. The summed E-state index contributed by atoms with van der Waals surface area (Å²) < 4.78 is 0. The standard InChI is InChI=1S/C9H18N2O/c1-9(2,3)6-11-8(12)7-4-10-5-7/h7,10H,4-6H2,1-3H3,(H,11,12). The Bertz CT molecular complexity index is 168. The number of amides is 1. The Kier molecular flexibility index (Phi) is 2.73. The number of carbonyl (C=O) groups is 1. The molecule has 1 saturated heterocycles. The van der Waals surface area contributed by atoms with Crippen molar-refractivity contribution >= 4 is 5.91 Å². The summed E-state index contributed by atoms with van der Waals surface area (Å²) in [7, 11) is 0. The van der Waals surface area contributed by atoms with Crippen LogP contribution in [0.15, 0.2) is 0 Å². The third kappa shape index (κ3) is 2.81. The summed E-state index contributed by atoms with van der Waals surface area (Å²) in [6, 6.07) is 0. The lowest BCUT2D eigenvalue weighted by Crippen LogP contribution is -2.51. The lowest BCUT2D eigenvalue weighted by Gasteiger charge is -2.27. The number of hydrogen-bond acceptors (Lipinski definition) is 2. The average Bonchev–Trinajstić information content (AvgIpc) is 1.78. The summed E-state index contributed by atoms with van der Waals surface area (Å²) in [6.07, 6.45) is 0. The molecule has 1 rings (SSSR count). The van der Waals surface area contributed by atoms with Crippen LogP contribution in [0.5, 0.6) is 0 Å². The van der Waals surface area contributed by atoms with Crippen LogP contribution in [0.4, 0.5) is 0 Å². The molecule has 1 heterocycles. The Hall–Kier alpha value is -0.570. The maximum atomic E-state index is 11.3. The summed E-state index contributed by atoms with van der Waals surface area (Å²) in [5, 5.41) is 6.02. The van der Waals surface area contributed by atoms with E-state index in [0.717, 1.165) is 19.6 Å². The largest absolute Gasteiger partial charge is 0.355 e. The Balaban J connectivity index is 2.18. The van der Waals surface area contributed by atoms with Crippen molar-refractivity contribution < 1.29 is 4.79 Å². The third-order valence-corrected chi connectivity index (χ3v) is 1.95. The van der Waals surface area contributed by atoms with Gasteiger partial charge in [-0.2, -0.15) is 0 Å². The van der Waals surface area contributed by atoms with Gasteiger partial charge < -0.3 is 10.6 Å². The van der Waals surface area contributed by atoms with Crippen molar-refractivity contribution in [2.75, 3.05) is 19.6 Å². The molecule has 0 atom stereocenters. The van der Waals surface area contributed by atoms with Crippen molar-refractivity contribution in [1.29, 1.82) is 0 Å². The molecule has 3 nitrogen and oxygen atoms in total. The van der Waals surface area contributed by atoms with Crippen LogP contribution in [-0.2, 0) is 4.79 Å². The minimum Gasteiger partial charge on any atom is -0.355 e. The maximum absolute atomic E-state index is 11.3. The lowest BCUT2D eigenvalue weighted by molar-refractivity contribution is -0.126. The Morgan fingerprint density at radius 1 is 1.50 bits per heavy atom. The average molecular weight is 170 g/mol. The first-order chi connectivity index (χ1) is 5.49. The summed E-state index contributed by atoms with van der Waals surface area (Å²) in [5.41, 5.74) is 0.187. The molecule has 0 aromatic carbocycles. The second-order valence-corrected chi connectivity index (χ2v) is 4.63. The maximum Gasteiger partial charge on any atom is 0.225 e. The molecule has 70 valence electrons. The molecule has 1 amide bonds. The first-order valence-corrected chi connectivity index (χ1v) is 4.47. The fraction of sp³-hybridized carbons (Fsp3) is 0.889. The van der Waals surface area contributed by atoms with Crippen LogP contribution >= 0.6 is 0 Å². The SMILES string of the molecule is CC(C)(C)CNC(=O)C1CNC1. The van der Waals surface area contributed by atoms with Gasteiger partial charge >= 0.3 is 0 Å². The molecule has 0 spiro atoms. The number of rotatable bonds is 2. The van der Waals surface area contributed by atoms with Gasteiger partial charge in [0.15, 0.2) is 0 Å². The van der Waals surface area contributed by atoms with Gasteiger partial charge in [0.05, 0.1) is 5.92 Å². The molecule has 0 aromatic rings. The van der Waals surface area contributed by atoms with Crippen molar-refractivity contribution in [2.24, 2.45) is 11.3 Å². The molecule has 3 heteroatoms. The van der Waals surface area contributed by atoms with Crippen molar-refractivity contribution in [1.82, 2.24) is 10.6 Å². The first-order valence-electron chi connectivity index (χ1n) is 4.47. The van der Waals surface area contributed by atoms with E-state index in [4.69, 9.17) is 0 Å². The second kappa shape index (κ2) is 3.44. The van der Waals surface area contributed by atoms with E-state index in [1.165, 1.54) is 0 Å². The van der Waals surface area contributed by atoms with Crippen LogP contribution in [0.2, 0.25) is 0 Å². The van der Waals surface area contributed by atoms with Crippen molar-refractivity contribution in [2.45, 2.75) is 20.8 Å². The van der Waals surface area contributed by atoms with E-state index >= 15 is 0 Å². The van der Waals surface area contributed by atoms with Crippen molar-refractivity contribution in [3.63, 3.8) is 0 Å². The van der Waals surface area contributed by atoms with E-state index < -0.39 is 0 Å². The molecule has 0 saturated carbocycles. The van der Waals surface area contributed by atoms with Gasteiger partial charge in [0.1, 0.15) is 0 Å². The van der Waals surface area contributed by atoms with E-state index in [-0.39, 0.29) is 17.2 Å². The molecule has 1 aliphatic rings. The highest BCUT2D eigenvalue weighted by Gasteiger charge is 2.25. The molecule has 0 radical (unpaired) electrons. The van der Waals surface area contributed by atoms with E-state index in [0.29, 0.717) is 0 Å². The van der Waals surface area contributed by atoms with Gasteiger partial charge in [0.25, 0.3) is 0 Å². The van der Waals surface area contributed by atoms with Crippen LogP contribution in [0, 0.1) is 11.3 Å². The monoisotopic (exact) mass is 170 g/mol. The van der Waals surface area contributed by atoms with Gasteiger partial charge in [0, 0.05) is 19.6 Å². The Morgan fingerprint density at radius 3 is 2.42 bits per heavy atom. The molecule has 0 aromatic heterocycles. The van der Waals surface area contributed by atoms with Gasteiger partial charge in [-0.05, 0) is 5.41 Å². The zero-order chi connectivity index (χ0) is 9.19. The molecular weight excluding hydrogens is 152 g/mol. The summed E-state index contributed by atoms with van der Waals surface area (Å²) in [6.45, 7) is 8.80. The molecule has 12 heavy (non-hydrogen) atoms. The fourth-order valence-electron chi connectivity index (χ4n) is 0.971. The normalized spacial score (nSPS) is 18.6. The summed E-state index contributed by atoms with van der Waals surface area (Å²) in [4.78, 5) is 11.3. The van der Waals surface area contributed by atoms with Gasteiger partial charge in [0.2, 0.25) is 5.91 Å². The molecule has 1 fully saturated rings. The van der Waals surface area contributed by atoms with Crippen LogP contribution in [0.1, 0.15) is 20.8 Å². The minimum atomic E-state index is 0.187. The van der Waals surface area contributed by atoms with Crippen LogP contribution in [0.3, 0.4) is 0 Å². The molecule has 2 N–H and O–H groups in total. The van der Waals surface area contributed by atoms with Crippen molar-refractivity contribution in [3.8, 4) is 0 Å². The first kappa shape index (κ1) is 9.52. The quantitative estimate of drug-likeness (QED) is 0.628. The molecule has 0 aliphatic carbocycles. The summed E-state index contributed by atoms with van der Waals surface area (Å²) >= 11 is 0. The predicted molar refractivity (Wildman–Crippen MR) is 48.8 cm³/mol. The van der Waals surface area contributed by atoms with Crippen molar-refractivity contribution in [3.05, 3.63) is 0 Å². The van der Waals surface area contributed by atoms with Gasteiger partial charge in [-0.3, -0.25) is 4.79 Å². The second-order valence-electron chi connectivity index (χ2n) is 4.63. The smallest absolute Gasteiger partial charge is 0.225 e. The number of nitrogens with one attached hydrogen (secondary N) is 2. The number of carbonyl (C=O) groups excluding carboxylic acids is 1. The zero-order valence-electron chi connectivity index (χ0n) is 8.11. The lowest BCUT2D eigenvalue weighted by atomic mass is 9.96. The highest BCUT2D eigenvalue weighted by molar-refractivity contribution is 5.80. The summed E-state index contributed by atoms with van der Waals surface area (Å²) in [5.74, 6) is 0.413. The van der Waals surface area contributed by atoms with E-state index in [1.807, 2.05) is 0 Å². The topological polar surface area (TPSA) is 41.1 Å². The molecule has 0 bridgehead atoms. The van der Waals surface area contributed by atoms with Gasteiger partial charge in [-0.25, -0.2) is 0 Å². The Morgan fingerprint density at radius 2 is 2.08 bits per heavy atom. The van der Waals surface area contributed by atoms with Crippen LogP contribution in [-0.4, -0.2) is 25.5 Å². The predicted octanol–water partition coefficient (Wildman–Crippen LogP) is 0.368. The van der Waals surface area contributed by atoms with E-state index in [1.54, 1.807) is 0 Å². The van der Waals surface area contributed by atoms with E-state index in [9.17, 15) is 4.79 Å². The third-order valence-electron chi connectivity index (χ3n) is 1.95. The Labute approximate surface area is 73.9 Å². The zero-order valence-corrected chi connectivity index (χ0v) is 8.11. The number of hydrogen-bond donors (Lipinski definition) is 2. The van der Waals surface area contributed by atoms with Crippen LogP contribution < -0.4 is 10.6 Å². The van der Waals surface area contributed by atoms with Gasteiger partial charge in [-0.15, -0.1) is 0 Å². The van der Waals surface area contributed by atoms with Gasteiger partial charge in [-0.1, -0.05) is 20.8 Å². The van der Waals surface area contributed by atoms with Crippen LogP contribution in [0.25, 0.3) is 0 Å².